The van der Waals surface area contributed by atoms with Crippen molar-refractivity contribution in [3.63, 3.8) is 0 Å². The van der Waals surface area contributed by atoms with Crippen LogP contribution >= 0.6 is 11.3 Å². The van der Waals surface area contributed by atoms with E-state index in [1.807, 2.05) is 5.38 Å². The minimum absolute atomic E-state index is 0.129. The molecule has 0 aliphatic heterocycles. The first-order valence-electron chi connectivity index (χ1n) is 6.87. The third-order valence-corrected chi connectivity index (χ3v) is 3.88. The number of aryl methyl sites for hydroxylation is 1. The highest BCUT2D eigenvalue weighted by atomic mass is 32.1. The molecule has 2 aromatic heterocycles. The van der Waals surface area contributed by atoms with Gasteiger partial charge in [0.15, 0.2) is 0 Å². The Morgan fingerprint density at radius 3 is 2.95 bits per heavy atom. The van der Waals surface area contributed by atoms with Crippen LogP contribution in [0.15, 0.2) is 26.9 Å². The molecule has 2 heterocycles. The van der Waals surface area contributed by atoms with Crippen LogP contribution in [0.25, 0.3) is 0 Å². The maximum atomic E-state index is 11.7. The average Bonchev–Trinajstić information content (AvgIpc) is 2.91. The van der Waals surface area contributed by atoms with Gasteiger partial charge >= 0.3 is 0 Å². The fourth-order valence-corrected chi connectivity index (χ4v) is 2.52. The van der Waals surface area contributed by atoms with Gasteiger partial charge < -0.3 is 14.3 Å². The second kappa shape index (κ2) is 7.38. The van der Waals surface area contributed by atoms with Crippen molar-refractivity contribution in [3.8, 4) is 5.75 Å². The lowest BCUT2D eigenvalue weighted by atomic mass is 10.1. The van der Waals surface area contributed by atoms with Crippen LogP contribution in [0, 0.1) is 5.92 Å². The second-order valence-corrected chi connectivity index (χ2v) is 6.13. The second-order valence-electron chi connectivity index (χ2n) is 5.19. The molecule has 0 unspecified atom stereocenters. The molecule has 5 nitrogen and oxygen atoms in total. The summed E-state index contributed by atoms with van der Waals surface area (Å²) in [4.78, 5) is 16.2. The maximum Gasteiger partial charge on any atom is 0.227 e. The van der Waals surface area contributed by atoms with Crippen molar-refractivity contribution in [2.75, 3.05) is 0 Å². The number of aromatic nitrogens is 1. The standard InChI is InChI=1S/C15H19NO4S/c1-10(2)3-4-15-16-11(9-21-15)7-20-14-8-19-12(6-17)5-13(14)18/h5,8-10,17H,3-4,6-7H2,1-2H3. The van der Waals surface area contributed by atoms with E-state index in [0.717, 1.165) is 23.5 Å². The molecule has 0 bridgehead atoms. The molecule has 2 aromatic rings. The highest BCUT2D eigenvalue weighted by Gasteiger charge is 2.07. The van der Waals surface area contributed by atoms with Crippen molar-refractivity contribution in [2.24, 2.45) is 5.92 Å². The van der Waals surface area contributed by atoms with Crippen LogP contribution in [-0.2, 0) is 19.6 Å². The molecular formula is C15H19NO4S. The number of aliphatic hydroxyl groups is 1. The van der Waals surface area contributed by atoms with Crippen LogP contribution in [0.3, 0.4) is 0 Å². The molecule has 0 aromatic carbocycles. The summed E-state index contributed by atoms with van der Waals surface area (Å²) in [6.45, 7) is 4.31. The molecule has 1 N–H and O–H groups in total. The Morgan fingerprint density at radius 1 is 1.48 bits per heavy atom. The van der Waals surface area contributed by atoms with Crippen molar-refractivity contribution < 1.29 is 14.3 Å². The van der Waals surface area contributed by atoms with Gasteiger partial charge in [0.1, 0.15) is 25.2 Å². The molecule has 0 radical (unpaired) electrons. The Morgan fingerprint density at radius 2 is 2.29 bits per heavy atom. The van der Waals surface area contributed by atoms with E-state index in [1.165, 1.54) is 12.3 Å². The minimum atomic E-state index is -0.305. The van der Waals surface area contributed by atoms with Gasteiger partial charge in [-0.1, -0.05) is 13.8 Å². The molecule has 0 spiro atoms. The van der Waals surface area contributed by atoms with Crippen LogP contribution in [0.2, 0.25) is 0 Å². The minimum Gasteiger partial charge on any atom is -0.480 e. The molecule has 0 aliphatic rings. The molecule has 0 saturated carbocycles. The SMILES string of the molecule is CC(C)CCc1nc(COc2coc(CO)cc2=O)cs1. The number of aliphatic hydroxyl groups excluding tert-OH is 1. The van der Waals surface area contributed by atoms with Gasteiger partial charge in [-0.2, -0.15) is 0 Å². The van der Waals surface area contributed by atoms with Crippen molar-refractivity contribution in [1.29, 1.82) is 0 Å². The van der Waals surface area contributed by atoms with E-state index >= 15 is 0 Å². The molecule has 2 rings (SSSR count). The van der Waals surface area contributed by atoms with E-state index in [4.69, 9.17) is 14.3 Å². The van der Waals surface area contributed by atoms with Gasteiger partial charge in [-0.05, 0) is 18.8 Å². The van der Waals surface area contributed by atoms with Crippen LogP contribution in [0.4, 0.5) is 0 Å². The molecule has 21 heavy (non-hydrogen) atoms. The Kier molecular flexibility index (Phi) is 5.52. The topological polar surface area (TPSA) is 72.6 Å². The summed E-state index contributed by atoms with van der Waals surface area (Å²) in [5.41, 5.74) is 0.505. The summed E-state index contributed by atoms with van der Waals surface area (Å²) in [6.07, 6.45) is 3.30. The number of nitrogens with zero attached hydrogens (tertiary/aromatic N) is 1. The number of ether oxygens (including phenoxy) is 1. The average molecular weight is 309 g/mol. The smallest absolute Gasteiger partial charge is 0.227 e. The maximum absolute atomic E-state index is 11.7. The summed E-state index contributed by atoms with van der Waals surface area (Å²) in [5.74, 6) is 1.00. The predicted octanol–water partition coefficient (Wildman–Crippen LogP) is 2.76. The molecule has 0 amide bonds. The Bertz CT molecular complexity index is 633. The molecule has 114 valence electrons. The van der Waals surface area contributed by atoms with Crippen LogP contribution in [0.5, 0.6) is 5.75 Å². The Balaban J connectivity index is 1.92. The quantitative estimate of drug-likeness (QED) is 0.851. The van der Waals surface area contributed by atoms with Gasteiger partial charge in [-0.15, -0.1) is 11.3 Å². The van der Waals surface area contributed by atoms with Gasteiger partial charge in [0.05, 0.1) is 10.7 Å². The molecule has 6 heteroatoms. The fourth-order valence-electron chi connectivity index (χ4n) is 1.72. The summed E-state index contributed by atoms with van der Waals surface area (Å²) >= 11 is 1.61. The zero-order valence-corrected chi connectivity index (χ0v) is 13.0. The monoisotopic (exact) mass is 309 g/mol. The fraction of sp³-hybridized carbons (Fsp3) is 0.467. The Hall–Kier alpha value is -1.66. The summed E-state index contributed by atoms with van der Waals surface area (Å²) in [6, 6.07) is 1.23. The normalized spacial score (nSPS) is 11.0. The molecular weight excluding hydrogens is 290 g/mol. The highest BCUT2D eigenvalue weighted by Crippen LogP contribution is 2.16. The summed E-state index contributed by atoms with van der Waals surface area (Å²) < 4.78 is 10.5. The lowest BCUT2D eigenvalue weighted by molar-refractivity contribution is 0.235. The third kappa shape index (κ3) is 4.68. The first kappa shape index (κ1) is 15.7. The van der Waals surface area contributed by atoms with Gasteiger partial charge in [0.2, 0.25) is 11.2 Å². The zero-order chi connectivity index (χ0) is 15.2. The molecule has 0 saturated heterocycles. The summed E-state index contributed by atoms with van der Waals surface area (Å²) in [5, 5.41) is 11.9. The van der Waals surface area contributed by atoms with E-state index in [0.29, 0.717) is 5.92 Å². The van der Waals surface area contributed by atoms with Gasteiger partial charge in [-0.25, -0.2) is 4.98 Å². The first-order chi connectivity index (χ1) is 10.1. The van der Waals surface area contributed by atoms with E-state index in [2.05, 4.69) is 18.8 Å². The lowest BCUT2D eigenvalue weighted by Crippen LogP contribution is -2.08. The predicted molar refractivity (Wildman–Crippen MR) is 80.5 cm³/mol. The van der Waals surface area contributed by atoms with Crippen molar-refractivity contribution in [2.45, 2.75) is 39.9 Å². The molecule has 0 atom stereocenters. The first-order valence-corrected chi connectivity index (χ1v) is 7.75. The number of hydrogen-bond acceptors (Lipinski definition) is 6. The molecule has 0 fully saturated rings. The van der Waals surface area contributed by atoms with Crippen molar-refractivity contribution >= 4 is 11.3 Å². The highest BCUT2D eigenvalue weighted by molar-refractivity contribution is 7.09. The van der Waals surface area contributed by atoms with Gasteiger partial charge in [0, 0.05) is 11.4 Å². The van der Waals surface area contributed by atoms with E-state index in [1.54, 1.807) is 11.3 Å². The van der Waals surface area contributed by atoms with Gasteiger partial charge in [0.25, 0.3) is 0 Å². The van der Waals surface area contributed by atoms with Crippen molar-refractivity contribution in [1.82, 2.24) is 4.98 Å². The van der Waals surface area contributed by atoms with Crippen LogP contribution in [0.1, 0.15) is 36.7 Å². The molecule has 0 aliphatic carbocycles. The Labute approximate surface area is 127 Å². The van der Waals surface area contributed by atoms with Crippen LogP contribution in [-0.4, -0.2) is 10.1 Å². The van der Waals surface area contributed by atoms with Crippen LogP contribution < -0.4 is 10.2 Å². The number of hydrogen-bond donors (Lipinski definition) is 1. The largest absolute Gasteiger partial charge is 0.480 e. The van der Waals surface area contributed by atoms with E-state index in [9.17, 15) is 4.79 Å². The third-order valence-electron chi connectivity index (χ3n) is 2.92. The number of thiazole rings is 1. The lowest BCUT2D eigenvalue weighted by Gasteiger charge is -2.03. The van der Waals surface area contributed by atoms with E-state index < -0.39 is 0 Å². The van der Waals surface area contributed by atoms with Gasteiger partial charge in [-0.3, -0.25) is 4.79 Å². The van der Waals surface area contributed by atoms with E-state index in [-0.39, 0.29) is 30.2 Å². The van der Waals surface area contributed by atoms with Crippen molar-refractivity contribution in [3.05, 3.63) is 44.4 Å². The number of rotatable bonds is 7. The summed E-state index contributed by atoms with van der Waals surface area (Å²) in [7, 11) is 0. The zero-order valence-electron chi connectivity index (χ0n) is 12.2.